The number of benzene rings is 2. The fraction of sp³-hybridized carbons (Fsp3) is 0.318. The lowest BCUT2D eigenvalue weighted by atomic mass is 10.2. The highest BCUT2D eigenvalue weighted by atomic mass is 32.2. The number of likely N-dealkylation sites (N-methyl/N-ethyl adjacent to an activating group) is 1. The third-order valence-electron chi connectivity index (χ3n) is 5.27. The highest BCUT2D eigenvalue weighted by Gasteiger charge is 2.26. The highest BCUT2D eigenvalue weighted by molar-refractivity contribution is 7.89. The van der Waals surface area contributed by atoms with E-state index >= 15 is 0 Å². The van der Waals surface area contributed by atoms with Gasteiger partial charge in [0.1, 0.15) is 5.75 Å². The number of carbonyl (C=O) groups excluding carboxylic acids is 1. The molecule has 0 radical (unpaired) electrons. The fourth-order valence-corrected chi connectivity index (χ4v) is 4.65. The number of sulfonamides is 1. The van der Waals surface area contributed by atoms with Crippen molar-refractivity contribution >= 4 is 21.9 Å². The van der Waals surface area contributed by atoms with E-state index in [1.165, 1.54) is 35.6 Å². The quantitative estimate of drug-likeness (QED) is 0.531. The Kier molecular flexibility index (Phi) is 6.72. The Morgan fingerprint density at radius 1 is 1.21 bits per heavy atom. The van der Waals surface area contributed by atoms with Crippen LogP contribution in [0.2, 0.25) is 0 Å². The van der Waals surface area contributed by atoms with Crippen molar-refractivity contribution in [2.45, 2.75) is 23.8 Å². The van der Waals surface area contributed by atoms with Crippen LogP contribution in [0.15, 0.2) is 57.8 Å². The molecule has 1 aliphatic rings. The molecule has 1 atom stereocenters. The molecular weight excluding hydrogens is 448 g/mol. The Labute approximate surface area is 191 Å². The summed E-state index contributed by atoms with van der Waals surface area (Å²) >= 11 is 0. The minimum Gasteiger partial charge on any atom is -0.497 e. The average molecular weight is 473 g/mol. The van der Waals surface area contributed by atoms with Crippen LogP contribution in [0, 0.1) is 0 Å². The van der Waals surface area contributed by atoms with Gasteiger partial charge >= 0.3 is 6.01 Å². The van der Waals surface area contributed by atoms with Gasteiger partial charge in [0.15, 0.2) is 0 Å². The predicted octanol–water partition coefficient (Wildman–Crippen LogP) is 2.80. The molecule has 0 unspecified atom stereocenters. The lowest BCUT2D eigenvalue weighted by molar-refractivity contribution is 0.0979. The second kappa shape index (κ2) is 9.69. The van der Waals surface area contributed by atoms with E-state index in [1.807, 2.05) is 0 Å². The summed E-state index contributed by atoms with van der Waals surface area (Å²) in [5, 5.41) is 10.3. The van der Waals surface area contributed by atoms with Crippen LogP contribution in [-0.4, -0.2) is 62.2 Å². The van der Waals surface area contributed by atoms with E-state index < -0.39 is 15.9 Å². The second-order valence-electron chi connectivity index (χ2n) is 7.54. The molecular formula is C22H24N4O6S. The molecule has 1 saturated heterocycles. The topological polar surface area (TPSA) is 124 Å². The number of carbonyl (C=O) groups is 1. The van der Waals surface area contributed by atoms with Crippen LogP contribution in [0.4, 0.5) is 6.01 Å². The SMILES string of the molecule is COc1cccc(-c2nnc(NC(=O)c3ccc(S(=O)(=O)N(C)C[C@@H]4CCCO4)cc3)o2)c1. The number of ether oxygens (including phenoxy) is 2. The molecule has 4 rings (SSSR count). The van der Waals surface area contributed by atoms with Crippen molar-refractivity contribution < 1.29 is 27.1 Å². The lowest BCUT2D eigenvalue weighted by Gasteiger charge is -2.20. The zero-order valence-electron chi connectivity index (χ0n) is 18.2. The summed E-state index contributed by atoms with van der Waals surface area (Å²) in [6.45, 7) is 0.945. The molecule has 2 aromatic carbocycles. The first-order valence-electron chi connectivity index (χ1n) is 10.3. The van der Waals surface area contributed by atoms with E-state index in [2.05, 4.69) is 15.5 Å². The molecule has 2 heterocycles. The van der Waals surface area contributed by atoms with Crippen LogP contribution in [-0.2, 0) is 14.8 Å². The van der Waals surface area contributed by atoms with Crippen molar-refractivity contribution in [2.24, 2.45) is 0 Å². The van der Waals surface area contributed by atoms with Gasteiger partial charge in [0, 0.05) is 31.3 Å². The molecule has 1 aliphatic heterocycles. The summed E-state index contributed by atoms with van der Waals surface area (Å²) in [6, 6.07) is 12.6. The number of nitrogens with one attached hydrogen (secondary N) is 1. The molecule has 0 bridgehead atoms. The monoisotopic (exact) mass is 472 g/mol. The Balaban J connectivity index is 1.42. The van der Waals surface area contributed by atoms with Gasteiger partial charge in [-0.1, -0.05) is 11.2 Å². The van der Waals surface area contributed by atoms with Gasteiger partial charge < -0.3 is 13.9 Å². The predicted molar refractivity (Wildman–Crippen MR) is 119 cm³/mol. The van der Waals surface area contributed by atoms with Crippen molar-refractivity contribution in [3.05, 3.63) is 54.1 Å². The minimum absolute atomic E-state index is 0.0779. The molecule has 1 fully saturated rings. The maximum absolute atomic E-state index is 12.8. The van der Waals surface area contributed by atoms with Crippen molar-refractivity contribution in [3.8, 4) is 17.2 Å². The van der Waals surface area contributed by atoms with Crippen molar-refractivity contribution in [2.75, 3.05) is 32.6 Å². The minimum atomic E-state index is -3.69. The number of amides is 1. The number of hydrogen-bond acceptors (Lipinski definition) is 8. The van der Waals surface area contributed by atoms with E-state index in [0.717, 1.165) is 12.8 Å². The number of methoxy groups -OCH3 is 1. The molecule has 10 nitrogen and oxygen atoms in total. The van der Waals surface area contributed by atoms with Crippen LogP contribution in [0.1, 0.15) is 23.2 Å². The van der Waals surface area contributed by atoms with Gasteiger partial charge in [-0.15, -0.1) is 5.10 Å². The molecule has 33 heavy (non-hydrogen) atoms. The van der Waals surface area contributed by atoms with Gasteiger partial charge in [0.05, 0.1) is 18.1 Å². The average Bonchev–Trinajstić information content (AvgIpc) is 3.51. The van der Waals surface area contributed by atoms with E-state index in [-0.39, 0.29) is 35.0 Å². The first kappa shape index (κ1) is 22.9. The molecule has 11 heteroatoms. The van der Waals surface area contributed by atoms with Crippen LogP contribution < -0.4 is 10.1 Å². The third-order valence-corrected chi connectivity index (χ3v) is 7.11. The smallest absolute Gasteiger partial charge is 0.322 e. The molecule has 0 spiro atoms. The van der Waals surface area contributed by atoms with Gasteiger partial charge in [-0.3, -0.25) is 10.1 Å². The Hall–Kier alpha value is -3.28. The van der Waals surface area contributed by atoms with Crippen LogP contribution in [0.25, 0.3) is 11.5 Å². The molecule has 1 amide bonds. The summed E-state index contributed by atoms with van der Waals surface area (Å²) in [6.07, 6.45) is 1.68. The number of hydrogen-bond donors (Lipinski definition) is 1. The Bertz CT molecular complexity index is 1220. The van der Waals surface area contributed by atoms with Crippen molar-refractivity contribution in [1.82, 2.24) is 14.5 Å². The van der Waals surface area contributed by atoms with Gasteiger partial charge in [0.2, 0.25) is 15.9 Å². The maximum Gasteiger partial charge on any atom is 0.322 e. The van der Waals surface area contributed by atoms with Crippen LogP contribution in [0.3, 0.4) is 0 Å². The van der Waals surface area contributed by atoms with Gasteiger partial charge in [-0.2, -0.15) is 4.31 Å². The largest absolute Gasteiger partial charge is 0.497 e. The zero-order chi connectivity index (χ0) is 23.4. The van der Waals surface area contributed by atoms with E-state index in [9.17, 15) is 13.2 Å². The summed E-state index contributed by atoms with van der Waals surface area (Å²) in [7, 11) is -0.617. The lowest BCUT2D eigenvalue weighted by Crippen LogP contribution is -2.34. The van der Waals surface area contributed by atoms with E-state index in [4.69, 9.17) is 13.9 Å². The third kappa shape index (κ3) is 5.21. The first-order chi connectivity index (χ1) is 15.9. The van der Waals surface area contributed by atoms with Crippen molar-refractivity contribution in [3.63, 3.8) is 0 Å². The fourth-order valence-electron chi connectivity index (χ4n) is 3.45. The summed E-state index contributed by atoms with van der Waals surface area (Å²) in [5.41, 5.74) is 0.890. The van der Waals surface area contributed by atoms with Crippen LogP contribution >= 0.6 is 0 Å². The van der Waals surface area contributed by atoms with E-state index in [1.54, 1.807) is 31.4 Å². The molecule has 3 aromatic rings. The van der Waals surface area contributed by atoms with E-state index in [0.29, 0.717) is 17.9 Å². The van der Waals surface area contributed by atoms with Gasteiger partial charge in [0.25, 0.3) is 5.91 Å². The Morgan fingerprint density at radius 2 is 2.00 bits per heavy atom. The second-order valence-corrected chi connectivity index (χ2v) is 9.59. The molecule has 1 N–H and O–H groups in total. The number of anilines is 1. The zero-order valence-corrected chi connectivity index (χ0v) is 19.0. The summed E-state index contributed by atoms with van der Waals surface area (Å²) in [4.78, 5) is 12.6. The van der Waals surface area contributed by atoms with Crippen LogP contribution in [0.5, 0.6) is 5.75 Å². The molecule has 174 valence electrons. The normalized spacial score (nSPS) is 16.2. The highest BCUT2D eigenvalue weighted by Crippen LogP contribution is 2.24. The summed E-state index contributed by atoms with van der Waals surface area (Å²) < 4.78 is 43.1. The maximum atomic E-state index is 12.8. The number of rotatable bonds is 8. The standard InChI is InChI=1S/C22H24N4O6S/c1-26(14-18-7-4-12-31-18)33(28,29)19-10-8-15(9-11-19)20(27)23-22-25-24-21(32-22)16-5-3-6-17(13-16)30-2/h3,5-6,8-11,13,18H,4,7,12,14H2,1-2H3,(H,23,25,27)/t18-/m0/s1. The number of aromatic nitrogens is 2. The molecule has 1 aromatic heterocycles. The van der Waals surface area contributed by atoms with Crippen molar-refractivity contribution in [1.29, 1.82) is 0 Å². The van der Waals surface area contributed by atoms with Gasteiger partial charge in [-0.05, 0) is 55.3 Å². The Morgan fingerprint density at radius 3 is 2.70 bits per heavy atom. The first-order valence-corrected chi connectivity index (χ1v) is 11.8. The van der Waals surface area contributed by atoms with Gasteiger partial charge in [-0.25, -0.2) is 8.42 Å². The molecule has 0 saturated carbocycles. The molecule has 0 aliphatic carbocycles. The number of nitrogens with zero attached hydrogens (tertiary/aromatic N) is 3. The summed E-state index contributed by atoms with van der Waals surface area (Å²) in [5.74, 6) is 0.347.